The quantitative estimate of drug-likeness (QED) is 0.402. The van der Waals surface area contributed by atoms with Crippen molar-refractivity contribution in [3.8, 4) is 11.3 Å². The largest absolute Gasteiger partial charge is 0.469 e. The van der Waals surface area contributed by atoms with Crippen LogP contribution in [0, 0.1) is 5.82 Å². The van der Waals surface area contributed by atoms with E-state index in [2.05, 4.69) is 4.74 Å². The first-order valence-corrected chi connectivity index (χ1v) is 11.0. The van der Waals surface area contributed by atoms with Crippen LogP contribution < -0.4 is 0 Å². The van der Waals surface area contributed by atoms with Crippen LogP contribution in [0.15, 0.2) is 30.3 Å². The number of aromatic nitrogens is 1. The molecule has 1 aromatic heterocycles. The molecule has 0 saturated heterocycles. The number of carbonyl (C=O) groups excluding carboxylic acids is 2. The normalized spacial score (nSPS) is 12.5. The molecule has 0 aliphatic rings. The highest BCUT2D eigenvalue weighted by atomic mass is 19.1. The molecular weight excluding hydrogens is 425 g/mol. The first kappa shape index (κ1) is 26.4. The Hall–Kier alpha value is -2.90. The van der Waals surface area contributed by atoms with Crippen molar-refractivity contribution in [1.82, 2.24) is 4.98 Å². The fourth-order valence-corrected chi connectivity index (χ4v) is 3.79. The van der Waals surface area contributed by atoms with E-state index in [0.29, 0.717) is 16.8 Å². The molecule has 0 aliphatic carbocycles. The number of ketones is 1. The minimum atomic E-state index is -1.12. The molecule has 0 aliphatic heterocycles. The highest BCUT2D eigenvalue weighted by Crippen LogP contribution is 2.36. The lowest BCUT2D eigenvalue weighted by molar-refractivity contribution is -0.143. The summed E-state index contributed by atoms with van der Waals surface area (Å²) in [5.74, 6) is -1.40. The van der Waals surface area contributed by atoms with Crippen molar-refractivity contribution < 1.29 is 28.9 Å². The number of pyridine rings is 1. The van der Waals surface area contributed by atoms with Gasteiger partial charge in [-0.15, -0.1) is 0 Å². The number of esters is 1. The fourth-order valence-electron chi connectivity index (χ4n) is 3.79. The van der Waals surface area contributed by atoms with Gasteiger partial charge in [-0.25, -0.2) is 4.39 Å². The molecule has 0 spiro atoms. The van der Waals surface area contributed by atoms with Crippen LogP contribution in [0.3, 0.4) is 0 Å². The van der Waals surface area contributed by atoms with Gasteiger partial charge in [0.15, 0.2) is 0 Å². The third-order valence-electron chi connectivity index (χ3n) is 5.30. The lowest BCUT2D eigenvalue weighted by Gasteiger charge is -2.23. The number of aliphatic hydroxyl groups is 2. The highest BCUT2D eigenvalue weighted by Gasteiger charge is 2.23. The van der Waals surface area contributed by atoms with Crippen molar-refractivity contribution in [2.24, 2.45) is 0 Å². The summed E-state index contributed by atoms with van der Waals surface area (Å²) in [7, 11) is 1.20. The second kappa shape index (κ2) is 11.8. The SMILES string of the molecule is COC(=O)CC(=O)CC(O)C=Cc1c(-c2ccc(F)cc2)nc(C(C)C)c(CO)c1C(C)C. The highest BCUT2D eigenvalue weighted by molar-refractivity contribution is 5.95. The lowest BCUT2D eigenvalue weighted by atomic mass is 9.86. The molecule has 2 rings (SSSR count). The fraction of sp³-hybridized carbons (Fsp3) is 0.423. The Kier molecular flexibility index (Phi) is 9.44. The maximum atomic E-state index is 13.6. The van der Waals surface area contributed by atoms with E-state index in [1.54, 1.807) is 18.2 Å². The van der Waals surface area contributed by atoms with E-state index in [-0.39, 0.29) is 30.7 Å². The molecule has 2 N–H and O–H groups in total. The van der Waals surface area contributed by atoms with Crippen LogP contribution >= 0.6 is 0 Å². The molecule has 33 heavy (non-hydrogen) atoms. The number of nitrogens with zero attached hydrogens (tertiary/aromatic N) is 1. The van der Waals surface area contributed by atoms with E-state index < -0.39 is 24.3 Å². The number of carbonyl (C=O) groups is 2. The second-order valence-corrected chi connectivity index (χ2v) is 8.55. The maximum absolute atomic E-state index is 13.6. The zero-order valence-electron chi connectivity index (χ0n) is 19.8. The van der Waals surface area contributed by atoms with Crippen molar-refractivity contribution in [2.75, 3.05) is 7.11 Å². The van der Waals surface area contributed by atoms with E-state index in [4.69, 9.17) is 4.98 Å². The van der Waals surface area contributed by atoms with Gasteiger partial charge in [0.2, 0.25) is 0 Å². The van der Waals surface area contributed by atoms with Gasteiger partial charge < -0.3 is 14.9 Å². The molecule has 1 unspecified atom stereocenters. The van der Waals surface area contributed by atoms with Crippen LogP contribution in [-0.4, -0.2) is 40.2 Å². The Morgan fingerprint density at radius 2 is 1.76 bits per heavy atom. The molecule has 0 fully saturated rings. The van der Waals surface area contributed by atoms with Gasteiger partial charge in [0.05, 0.1) is 25.5 Å². The number of benzene rings is 1. The smallest absolute Gasteiger partial charge is 0.313 e. The summed E-state index contributed by atoms with van der Waals surface area (Å²) in [5.41, 5.74) is 4.34. The average Bonchev–Trinajstić information content (AvgIpc) is 2.76. The number of aliphatic hydroxyl groups excluding tert-OH is 2. The van der Waals surface area contributed by atoms with Gasteiger partial charge in [0.1, 0.15) is 18.0 Å². The van der Waals surface area contributed by atoms with Crippen LogP contribution in [-0.2, 0) is 20.9 Å². The second-order valence-electron chi connectivity index (χ2n) is 8.55. The molecule has 1 heterocycles. The Morgan fingerprint density at radius 1 is 1.12 bits per heavy atom. The van der Waals surface area contributed by atoms with Gasteiger partial charge in [-0.05, 0) is 41.7 Å². The number of methoxy groups -OCH3 is 1. The molecule has 178 valence electrons. The van der Waals surface area contributed by atoms with Crippen molar-refractivity contribution in [2.45, 2.75) is 65.1 Å². The zero-order chi connectivity index (χ0) is 24.7. The number of hydrogen-bond donors (Lipinski definition) is 2. The van der Waals surface area contributed by atoms with E-state index >= 15 is 0 Å². The lowest BCUT2D eigenvalue weighted by Crippen LogP contribution is -2.15. The topological polar surface area (TPSA) is 96.7 Å². The van der Waals surface area contributed by atoms with Crippen LogP contribution in [0.25, 0.3) is 17.3 Å². The Balaban J connectivity index is 2.60. The van der Waals surface area contributed by atoms with Crippen molar-refractivity contribution in [1.29, 1.82) is 0 Å². The standard InChI is InChI=1S/C26H32FNO5/c1-15(2)24-21(11-10-19(30)12-20(31)13-23(32)33-5)26(17-6-8-18(27)9-7-17)28-25(16(3)4)22(24)14-29/h6-11,15-16,19,29-30H,12-14H2,1-5H3. The maximum Gasteiger partial charge on any atom is 0.313 e. The summed E-state index contributed by atoms with van der Waals surface area (Å²) >= 11 is 0. The molecule has 6 nitrogen and oxygen atoms in total. The van der Waals surface area contributed by atoms with Gasteiger partial charge in [-0.1, -0.05) is 39.8 Å². The summed E-state index contributed by atoms with van der Waals surface area (Å²) in [6, 6.07) is 5.99. The van der Waals surface area contributed by atoms with E-state index in [1.807, 2.05) is 27.7 Å². The summed E-state index contributed by atoms with van der Waals surface area (Å²) in [6.45, 7) is 7.79. The first-order valence-electron chi connectivity index (χ1n) is 11.0. The van der Waals surface area contributed by atoms with Gasteiger partial charge >= 0.3 is 5.97 Å². The van der Waals surface area contributed by atoms with Crippen molar-refractivity contribution in [3.63, 3.8) is 0 Å². The van der Waals surface area contributed by atoms with Gasteiger partial charge in [0.25, 0.3) is 0 Å². The number of hydrogen-bond acceptors (Lipinski definition) is 6. The minimum Gasteiger partial charge on any atom is -0.469 e. The van der Waals surface area contributed by atoms with Crippen LogP contribution in [0.5, 0.6) is 0 Å². The Labute approximate surface area is 194 Å². The summed E-state index contributed by atoms with van der Waals surface area (Å²) < 4.78 is 18.0. The number of ether oxygens (including phenoxy) is 1. The summed E-state index contributed by atoms with van der Waals surface area (Å²) in [5, 5.41) is 20.6. The minimum absolute atomic E-state index is 0.0181. The number of rotatable bonds is 10. The Bertz CT molecular complexity index is 1010. The third-order valence-corrected chi connectivity index (χ3v) is 5.30. The molecule has 1 atom stereocenters. The predicted molar refractivity (Wildman–Crippen MR) is 125 cm³/mol. The van der Waals surface area contributed by atoms with E-state index in [0.717, 1.165) is 16.8 Å². The predicted octanol–water partition coefficient (Wildman–Crippen LogP) is 4.52. The van der Waals surface area contributed by atoms with Crippen LogP contribution in [0.2, 0.25) is 0 Å². The monoisotopic (exact) mass is 457 g/mol. The van der Waals surface area contributed by atoms with Crippen molar-refractivity contribution >= 4 is 17.8 Å². The van der Waals surface area contributed by atoms with Crippen molar-refractivity contribution in [3.05, 3.63) is 58.5 Å². The third kappa shape index (κ3) is 6.79. The molecule has 7 heteroatoms. The van der Waals surface area contributed by atoms with Gasteiger partial charge in [-0.2, -0.15) is 0 Å². The molecule has 0 radical (unpaired) electrons. The first-order chi connectivity index (χ1) is 15.6. The van der Waals surface area contributed by atoms with E-state index in [1.165, 1.54) is 25.3 Å². The van der Waals surface area contributed by atoms with Crippen LogP contribution in [0.4, 0.5) is 4.39 Å². The molecular formula is C26H32FNO5. The average molecular weight is 458 g/mol. The number of Topliss-reactive ketones (excluding diaryl/α,β-unsaturated/α-hetero) is 1. The zero-order valence-corrected chi connectivity index (χ0v) is 19.8. The Morgan fingerprint density at radius 3 is 2.27 bits per heavy atom. The van der Waals surface area contributed by atoms with Gasteiger partial charge in [0, 0.05) is 28.8 Å². The summed E-state index contributed by atoms with van der Waals surface area (Å²) in [6.07, 6.45) is 1.39. The molecule has 2 aromatic rings. The van der Waals surface area contributed by atoms with Gasteiger partial charge in [-0.3, -0.25) is 14.6 Å². The molecule has 1 aromatic carbocycles. The number of halogens is 1. The van der Waals surface area contributed by atoms with Crippen LogP contribution in [0.1, 0.15) is 74.8 Å². The molecule has 0 saturated carbocycles. The molecule has 0 bridgehead atoms. The summed E-state index contributed by atoms with van der Waals surface area (Å²) in [4.78, 5) is 28.1. The molecule has 0 amide bonds. The van der Waals surface area contributed by atoms with E-state index in [9.17, 15) is 24.2 Å².